The van der Waals surface area contributed by atoms with Crippen molar-refractivity contribution in [2.45, 2.75) is 33.4 Å². The highest BCUT2D eigenvalue weighted by molar-refractivity contribution is 7.28. The van der Waals surface area contributed by atoms with Gasteiger partial charge in [0, 0.05) is 58.7 Å². The molecule has 0 spiro atoms. The zero-order chi connectivity index (χ0) is 31.4. The lowest BCUT2D eigenvalue weighted by atomic mass is 9.96. The Labute approximate surface area is 256 Å². The molecular formula is C33H33N4O6P. The summed E-state index contributed by atoms with van der Waals surface area (Å²) in [7, 11) is 4.19. The third-order valence-electron chi connectivity index (χ3n) is 7.26. The quantitative estimate of drug-likeness (QED) is 0.0600. The van der Waals surface area contributed by atoms with E-state index in [1.54, 1.807) is 25.3 Å². The first-order valence-corrected chi connectivity index (χ1v) is 14.7. The average molecular weight is 613 g/mol. The fourth-order valence-electron chi connectivity index (χ4n) is 5.26. The number of amides is 1. The topological polar surface area (TPSA) is 117 Å². The van der Waals surface area contributed by atoms with Crippen molar-refractivity contribution in [3.63, 3.8) is 0 Å². The standard InChI is InChI=1S/C33H33N4O6P/c1-5-36-29-14-10-22(17-26(29)27-18-23(37(39)40)11-15-30(27)36)32(35-43-33(38)34-28-8-6-7-9-31(28)44)25-13-12-24(16-20(25)2)42-21(3)19-41-4/h6-18,21H,5,19,44H2,1-4H3,(H,34,38)/b35-32-. The van der Waals surface area contributed by atoms with Gasteiger partial charge in [0.2, 0.25) is 0 Å². The monoisotopic (exact) mass is 612 g/mol. The molecule has 5 aromatic rings. The Balaban J connectivity index is 1.60. The number of carbonyl (C=O) groups excluding carboxylic acids is 1. The number of aryl methyl sites for hydroxylation is 2. The van der Waals surface area contributed by atoms with Gasteiger partial charge in [-0.2, -0.15) is 0 Å². The van der Waals surface area contributed by atoms with Crippen molar-refractivity contribution >= 4 is 59.5 Å². The molecule has 0 aliphatic heterocycles. The molecule has 10 nitrogen and oxygen atoms in total. The first kappa shape index (κ1) is 30.7. The summed E-state index contributed by atoms with van der Waals surface area (Å²) < 4.78 is 13.3. The highest BCUT2D eigenvalue weighted by Crippen LogP contribution is 2.33. The van der Waals surface area contributed by atoms with E-state index in [4.69, 9.17) is 14.3 Å². The maximum Gasteiger partial charge on any atom is 0.437 e. The normalized spacial score (nSPS) is 12.3. The van der Waals surface area contributed by atoms with Crippen molar-refractivity contribution in [1.29, 1.82) is 0 Å². The molecule has 0 fully saturated rings. The fourth-order valence-corrected chi connectivity index (χ4v) is 5.54. The van der Waals surface area contributed by atoms with Gasteiger partial charge in [-0.05, 0) is 74.1 Å². The second kappa shape index (κ2) is 13.2. The number of para-hydroxylation sites is 1. The van der Waals surface area contributed by atoms with E-state index >= 15 is 0 Å². The Bertz CT molecular complexity index is 1900. The minimum Gasteiger partial charge on any atom is -0.488 e. The first-order chi connectivity index (χ1) is 21.2. The Morgan fingerprint density at radius 1 is 1.05 bits per heavy atom. The molecule has 4 aromatic carbocycles. The van der Waals surface area contributed by atoms with Crippen LogP contribution in [0.3, 0.4) is 0 Å². The van der Waals surface area contributed by atoms with Crippen molar-refractivity contribution in [3.8, 4) is 5.75 Å². The maximum atomic E-state index is 12.8. The molecule has 1 N–H and O–H groups in total. The SMILES string of the molecule is CCn1c2ccc(/C(=N/OC(=O)Nc3ccccc3P)c3ccc(OC(C)COC)cc3C)cc2c2cc([N+](=O)[O-])ccc21. The molecule has 0 bridgehead atoms. The molecule has 0 aliphatic rings. The maximum absolute atomic E-state index is 12.8. The number of nitrogens with zero attached hydrogens (tertiary/aromatic N) is 3. The molecule has 0 saturated carbocycles. The molecule has 0 saturated heterocycles. The van der Waals surface area contributed by atoms with Crippen LogP contribution in [0.1, 0.15) is 30.5 Å². The number of benzene rings is 4. The van der Waals surface area contributed by atoms with Crippen LogP contribution >= 0.6 is 9.24 Å². The van der Waals surface area contributed by atoms with Crippen LogP contribution < -0.4 is 15.4 Å². The zero-order valence-corrected chi connectivity index (χ0v) is 26.0. The lowest BCUT2D eigenvalue weighted by molar-refractivity contribution is -0.384. The molecule has 44 heavy (non-hydrogen) atoms. The number of nitro groups is 1. The summed E-state index contributed by atoms with van der Waals surface area (Å²) in [5.41, 5.74) is 5.05. The van der Waals surface area contributed by atoms with E-state index in [1.165, 1.54) is 6.07 Å². The fraction of sp³-hybridized carbons (Fsp3) is 0.212. The summed E-state index contributed by atoms with van der Waals surface area (Å²) in [5, 5.41) is 21.0. The van der Waals surface area contributed by atoms with Crippen LogP contribution in [0.4, 0.5) is 16.2 Å². The van der Waals surface area contributed by atoms with E-state index in [2.05, 4.69) is 24.3 Å². The van der Waals surface area contributed by atoms with E-state index in [0.29, 0.717) is 35.9 Å². The third-order valence-corrected chi connectivity index (χ3v) is 7.76. The van der Waals surface area contributed by atoms with Crippen LogP contribution in [-0.4, -0.2) is 41.1 Å². The summed E-state index contributed by atoms with van der Waals surface area (Å²) in [6.45, 7) is 7.00. The van der Waals surface area contributed by atoms with Gasteiger partial charge in [0.25, 0.3) is 5.69 Å². The van der Waals surface area contributed by atoms with Crippen LogP contribution in [-0.2, 0) is 16.1 Å². The second-order valence-electron chi connectivity index (χ2n) is 10.3. The molecule has 1 aromatic heterocycles. The average Bonchev–Trinajstić information content (AvgIpc) is 3.31. The highest BCUT2D eigenvalue weighted by Gasteiger charge is 2.19. The van der Waals surface area contributed by atoms with Gasteiger partial charge in [-0.1, -0.05) is 29.4 Å². The third kappa shape index (κ3) is 6.41. The van der Waals surface area contributed by atoms with Gasteiger partial charge in [0.15, 0.2) is 0 Å². The van der Waals surface area contributed by atoms with Crippen molar-refractivity contribution in [1.82, 2.24) is 4.57 Å². The smallest absolute Gasteiger partial charge is 0.437 e. The summed E-state index contributed by atoms with van der Waals surface area (Å²) in [4.78, 5) is 29.4. The number of oxime groups is 1. The van der Waals surface area contributed by atoms with Crippen LogP contribution in [0.5, 0.6) is 5.75 Å². The van der Waals surface area contributed by atoms with Gasteiger partial charge < -0.3 is 14.0 Å². The number of ether oxygens (including phenoxy) is 2. The number of non-ortho nitro benzene ring substituents is 1. The van der Waals surface area contributed by atoms with Crippen LogP contribution in [0.25, 0.3) is 21.8 Å². The van der Waals surface area contributed by atoms with Gasteiger partial charge in [0.1, 0.15) is 17.6 Å². The number of anilines is 1. The van der Waals surface area contributed by atoms with Crippen LogP contribution in [0.2, 0.25) is 0 Å². The predicted molar refractivity (Wildman–Crippen MR) is 176 cm³/mol. The molecular weight excluding hydrogens is 579 g/mol. The number of nitro benzene ring substituents is 1. The molecule has 5 rings (SSSR count). The molecule has 2 atom stereocenters. The predicted octanol–water partition coefficient (Wildman–Crippen LogP) is 6.95. The van der Waals surface area contributed by atoms with E-state index in [1.807, 2.05) is 75.4 Å². The zero-order valence-electron chi connectivity index (χ0n) is 24.9. The number of hydrogen-bond donors (Lipinski definition) is 1. The Morgan fingerprint density at radius 2 is 1.77 bits per heavy atom. The van der Waals surface area contributed by atoms with Gasteiger partial charge in [-0.3, -0.25) is 20.3 Å². The molecule has 1 amide bonds. The largest absolute Gasteiger partial charge is 0.488 e. The van der Waals surface area contributed by atoms with E-state index < -0.39 is 11.0 Å². The Hall–Kier alpha value is -4.79. The van der Waals surface area contributed by atoms with Crippen LogP contribution in [0, 0.1) is 17.0 Å². The molecule has 11 heteroatoms. The molecule has 0 aliphatic carbocycles. The van der Waals surface area contributed by atoms with Gasteiger partial charge in [-0.15, -0.1) is 9.24 Å². The Kier molecular flexibility index (Phi) is 9.23. The molecule has 0 radical (unpaired) electrons. The van der Waals surface area contributed by atoms with E-state index in [-0.39, 0.29) is 11.8 Å². The van der Waals surface area contributed by atoms with Crippen molar-refractivity contribution < 1.29 is 24.0 Å². The minimum atomic E-state index is -0.748. The molecule has 1 heterocycles. The summed E-state index contributed by atoms with van der Waals surface area (Å²) in [6, 6.07) is 23.6. The van der Waals surface area contributed by atoms with Crippen molar-refractivity contribution in [3.05, 3.63) is 106 Å². The first-order valence-electron chi connectivity index (χ1n) is 14.1. The molecule has 226 valence electrons. The van der Waals surface area contributed by atoms with E-state index in [9.17, 15) is 14.9 Å². The van der Waals surface area contributed by atoms with Gasteiger partial charge in [0.05, 0.1) is 17.2 Å². The van der Waals surface area contributed by atoms with Gasteiger partial charge >= 0.3 is 6.09 Å². The number of hydrogen-bond acceptors (Lipinski definition) is 7. The number of methoxy groups -OCH3 is 1. The second-order valence-corrected chi connectivity index (χ2v) is 10.9. The summed E-state index contributed by atoms with van der Waals surface area (Å²) >= 11 is 0. The van der Waals surface area contributed by atoms with Crippen molar-refractivity contribution in [2.24, 2.45) is 5.16 Å². The van der Waals surface area contributed by atoms with E-state index in [0.717, 1.165) is 38.2 Å². The lowest BCUT2D eigenvalue weighted by Crippen LogP contribution is -2.18. The highest BCUT2D eigenvalue weighted by atomic mass is 31.0. The Morgan fingerprint density at radius 3 is 2.45 bits per heavy atom. The van der Waals surface area contributed by atoms with Crippen molar-refractivity contribution in [2.75, 3.05) is 19.0 Å². The van der Waals surface area contributed by atoms with Gasteiger partial charge in [-0.25, -0.2) is 4.79 Å². The summed E-state index contributed by atoms with van der Waals surface area (Å²) in [5.74, 6) is 0.666. The number of carbonyl (C=O) groups is 1. The number of aromatic nitrogens is 1. The molecule has 2 unspecified atom stereocenters. The number of rotatable bonds is 10. The number of nitrogens with one attached hydrogen (secondary N) is 1. The number of fused-ring (bicyclic) bond motifs is 3. The minimum absolute atomic E-state index is 0.00968. The summed E-state index contributed by atoms with van der Waals surface area (Å²) in [6.07, 6.45) is -0.893. The lowest BCUT2D eigenvalue weighted by Gasteiger charge is -2.16. The van der Waals surface area contributed by atoms with Crippen LogP contribution in [0.15, 0.2) is 84.0 Å².